The molecule has 1 atom stereocenters. The van der Waals surface area contributed by atoms with Crippen molar-refractivity contribution in [1.82, 2.24) is 0 Å². The first-order valence-corrected chi connectivity index (χ1v) is 10.1. The molecule has 3 aromatic carbocycles. The minimum Gasteiger partial charge on any atom is -0.508 e. The highest BCUT2D eigenvalue weighted by Gasteiger charge is 2.47. The molecule has 4 rings (SSSR count). The van der Waals surface area contributed by atoms with Gasteiger partial charge in [0.1, 0.15) is 11.5 Å². The average Bonchev–Trinajstić information content (AvgIpc) is 3.06. The molecule has 0 aromatic heterocycles. The van der Waals surface area contributed by atoms with E-state index in [1.807, 2.05) is 19.9 Å². The number of ketones is 1. The molecule has 1 saturated heterocycles. The zero-order valence-electron chi connectivity index (χ0n) is 17.9. The van der Waals surface area contributed by atoms with Crippen LogP contribution in [0.4, 0.5) is 11.4 Å². The molecular formula is C25H20N2O6. The summed E-state index contributed by atoms with van der Waals surface area (Å²) in [4.78, 5) is 38.1. The monoisotopic (exact) mass is 444 g/mol. The van der Waals surface area contributed by atoms with E-state index in [1.165, 1.54) is 35.2 Å². The topological polar surface area (TPSA) is 121 Å². The number of non-ortho nitro benzene ring substituents is 1. The van der Waals surface area contributed by atoms with Crippen molar-refractivity contribution in [2.75, 3.05) is 4.90 Å². The molecule has 1 fully saturated rings. The molecule has 0 bridgehead atoms. The number of rotatable bonds is 4. The van der Waals surface area contributed by atoms with E-state index in [-0.39, 0.29) is 22.6 Å². The van der Waals surface area contributed by atoms with Crippen LogP contribution < -0.4 is 4.90 Å². The molecule has 33 heavy (non-hydrogen) atoms. The first-order valence-electron chi connectivity index (χ1n) is 10.1. The van der Waals surface area contributed by atoms with E-state index < -0.39 is 28.4 Å². The van der Waals surface area contributed by atoms with E-state index in [1.54, 1.807) is 24.3 Å². The molecule has 1 aliphatic heterocycles. The Balaban J connectivity index is 1.96. The van der Waals surface area contributed by atoms with Crippen LogP contribution in [0.3, 0.4) is 0 Å². The highest BCUT2D eigenvalue weighted by Crippen LogP contribution is 2.43. The van der Waals surface area contributed by atoms with Crippen LogP contribution in [0.5, 0.6) is 5.75 Å². The number of carbonyl (C=O) groups excluding carboxylic acids is 2. The SMILES string of the molecule is Cc1ccc(N2C(=O)C(=O)/C(=C(\O)c3cccc([N+](=O)[O-])c3)C2c2ccc(O)cc2)cc1C. The lowest BCUT2D eigenvalue weighted by Gasteiger charge is -2.26. The van der Waals surface area contributed by atoms with Gasteiger partial charge in [0, 0.05) is 23.4 Å². The van der Waals surface area contributed by atoms with Gasteiger partial charge < -0.3 is 10.2 Å². The third-order valence-corrected chi connectivity index (χ3v) is 5.75. The standard InChI is InChI=1S/C25H20N2O6/c1-14-6-9-18(12-15(14)2)26-22(16-7-10-20(28)11-8-16)21(24(30)25(26)31)23(29)17-4-3-5-19(13-17)27(32)33/h3-13,22,28-29H,1-2H3/b23-21-. The van der Waals surface area contributed by atoms with E-state index in [9.17, 15) is 29.9 Å². The largest absolute Gasteiger partial charge is 0.508 e. The summed E-state index contributed by atoms with van der Waals surface area (Å²) in [7, 11) is 0. The van der Waals surface area contributed by atoms with Gasteiger partial charge in [-0.3, -0.25) is 24.6 Å². The highest BCUT2D eigenvalue weighted by atomic mass is 16.6. The zero-order chi connectivity index (χ0) is 23.9. The van der Waals surface area contributed by atoms with Gasteiger partial charge in [0.25, 0.3) is 17.4 Å². The zero-order valence-corrected chi connectivity index (χ0v) is 17.9. The van der Waals surface area contributed by atoms with Crippen molar-refractivity contribution in [3.63, 3.8) is 0 Å². The van der Waals surface area contributed by atoms with Crippen LogP contribution >= 0.6 is 0 Å². The highest BCUT2D eigenvalue weighted by molar-refractivity contribution is 6.51. The average molecular weight is 444 g/mol. The Morgan fingerprint density at radius 3 is 2.30 bits per heavy atom. The van der Waals surface area contributed by atoms with Crippen molar-refractivity contribution >= 4 is 28.8 Å². The number of nitro benzene ring substituents is 1. The number of phenols is 1. The number of phenolic OH excluding ortho intramolecular Hbond substituents is 1. The number of nitro groups is 1. The molecule has 1 amide bonds. The Labute approximate surface area is 189 Å². The molecular weight excluding hydrogens is 424 g/mol. The summed E-state index contributed by atoms with van der Waals surface area (Å²) >= 11 is 0. The summed E-state index contributed by atoms with van der Waals surface area (Å²) < 4.78 is 0. The smallest absolute Gasteiger partial charge is 0.300 e. The van der Waals surface area contributed by atoms with Gasteiger partial charge in [-0.1, -0.05) is 30.3 Å². The number of aromatic hydroxyl groups is 1. The molecule has 0 spiro atoms. The molecule has 3 aromatic rings. The van der Waals surface area contributed by atoms with E-state index in [0.29, 0.717) is 11.3 Å². The molecule has 0 aliphatic carbocycles. The molecule has 1 unspecified atom stereocenters. The van der Waals surface area contributed by atoms with Gasteiger partial charge >= 0.3 is 0 Å². The lowest BCUT2D eigenvalue weighted by atomic mass is 9.94. The van der Waals surface area contributed by atoms with Crippen LogP contribution in [0.25, 0.3) is 5.76 Å². The maximum atomic E-state index is 13.1. The second kappa shape index (κ2) is 8.23. The van der Waals surface area contributed by atoms with E-state index in [4.69, 9.17) is 0 Å². The maximum Gasteiger partial charge on any atom is 0.300 e. The van der Waals surface area contributed by atoms with Crippen molar-refractivity contribution in [3.8, 4) is 5.75 Å². The predicted octanol–water partition coefficient (Wildman–Crippen LogP) is 4.54. The summed E-state index contributed by atoms with van der Waals surface area (Å²) in [5.41, 5.74) is 2.47. The van der Waals surface area contributed by atoms with Gasteiger partial charge in [0.2, 0.25) is 0 Å². The summed E-state index contributed by atoms with van der Waals surface area (Å²) in [6.45, 7) is 3.81. The summed E-state index contributed by atoms with van der Waals surface area (Å²) in [5.74, 6) is -2.25. The molecule has 166 valence electrons. The number of aliphatic hydroxyl groups is 1. The normalized spacial score (nSPS) is 17.4. The number of aliphatic hydroxyl groups excluding tert-OH is 1. The molecule has 1 heterocycles. The molecule has 8 heteroatoms. The van der Waals surface area contributed by atoms with E-state index >= 15 is 0 Å². The van der Waals surface area contributed by atoms with E-state index in [0.717, 1.165) is 17.2 Å². The molecule has 8 nitrogen and oxygen atoms in total. The number of carbonyl (C=O) groups is 2. The second-order valence-corrected chi connectivity index (χ2v) is 7.84. The van der Waals surface area contributed by atoms with Crippen molar-refractivity contribution in [2.45, 2.75) is 19.9 Å². The number of anilines is 1. The first kappa shape index (κ1) is 21.8. The summed E-state index contributed by atoms with van der Waals surface area (Å²) in [6.07, 6.45) is 0. The summed E-state index contributed by atoms with van der Waals surface area (Å²) in [5, 5.41) is 32.0. The van der Waals surface area contributed by atoms with Gasteiger partial charge in [-0.2, -0.15) is 0 Å². The Kier molecular flexibility index (Phi) is 5.43. The predicted molar refractivity (Wildman–Crippen MR) is 122 cm³/mol. The second-order valence-electron chi connectivity index (χ2n) is 7.84. The lowest BCUT2D eigenvalue weighted by molar-refractivity contribution is -0.384. The van der Waals surface area contributed by atoms with Crippen molar-refractivity contribution in [1.29, 1.82) is 0 Å². The quantitative estimate of drug-likeness (QED) is 0.200. The minimum absolute atomic E-state index is 0.000524. The van der Waals surface area contributed by atoms with Crippen LogP contribution in [0.1, 0.15) is 28.3 Å². The fourth-order valence-corrected chi connectivity index (χ4v) is 3.87. The van der Waals surface area contributed by atoms with Crippen LogP contribution in [0.15, 0.2) is 72.3 Å². The van der Waals surface area contributed by atoms with Crippen LogP contribution in [0, 0.1) is 24.0 Å². The fraction of sp³-hybridized carbons (Fsp3) is 0.120. The maximum absolute atomic E-state index is 13.1. The van der Waals surface area contributed by atoms with Gasteiger partial charge in [-0.15, -0.1) is 0 Å². The van der Waals surface area contributed by atoms with Crippen molar-refractivity contribution < 1.29 is 24.7 Å². The Hall–Kier alpha value is -4.46. The first-order chi connectivity index (χ1) is 15.7. The summed E-state index contributed by atoms with van der Waals surface area (Å²) in [6, 6.07) is 15.5. The van der Waals surface area contributed by atoms with Gasteiger partial charge in [0.05, 0.1) is 16.5 Å². The Bertz CT molecular complexity index is 1330. The molecule has 0 saturated carbocycles. The Morgan fingerprint density at radius 1 is 0.970 bits per heavy atom. The van der Waals surface area contributed by atoms with Gasteiger partial charge in [-0.25, -0.2) is 0 Å². The van der Waals surface area contributed by atoms with Crippen LogP contribution in [-0.2, 0) is 9.59 Å². The van der Waals surface area contributed by atoms with Crippen molar-refractivity contribution in [2.24, 2.45) is 0 Å². The number of hydrogen-bond donors (Lipinski definition) is 2. The number of hydrogen-bond acceptors (Lipinski definition) is 6. The minimum atomic E-state index is -0.994. The number of benzene rings is 3. The molecule has 2 N–H and O–H groups in total. The third-order valence-electron chi connectivity index (χ3n) is 5.75. The van der Waals surface area contributed by atoms with Crippen LogP contribution in [0.2, 0.25) is 0 Å². The van der Waals surface area contributed by atoms with Crippen LogP contribution in [-0.4, -0.2) is 26.8 Å². The fourth-order valence-electron chi connectivity index (χ4n) is 3.87. The molecule has 1 aliphatic rings. The number of Topliss-reactive ketones (excluding diaryl/α,β-unsaturated/α-hetero) is 1. The van der Waals surface area contributed by atoms with Gasteiger partial charge in [-0.05, 0) is 54.8 Å². The number of aryl methyl sites for hydroxylation is 2. The molecule has 0 radical (unpaired) electrons. The third kappa shape index (κ3) is 3.82. The van der Waals surface area contributed by atoms with Crippen molar-refractivity contribution in [3.05, 3.63) is 105 Å². The number of nitrogens with zero attached hydrogens (tertiary/aromatic N) is 2. The lowest BCUT2D eigenvalue weighted by Crippen LogP contribution is -2.29. The Morgan fingerprint density at radius 2 is 1.67 bits per heavy atom. The van der Waals surface area contributed by atoms with E-state index in [2.05, 4.69) is 0 Å². The number of amides is 1. The van der Waals surface area contributed by atoms with Gasteiger partial charge in [0.15, 0.2) is 0 Å².